The predicted octanol–water partition coefficient (Wildman–Crippen LogP) is 5.67. The molecule has 4 aliphatic rings. The summed E-state index contributed by atoms with van der Waals surface area (Å²) in [4.78, 5) is 25.5. The molecule has 0 spiro atoms. The van der Waals surface area contributed by atoms with E-state index in [0.717, 1.165) is 43.4 Å². The van der Waals surface area contributed by atoms with E-state index < -0.39 is 11.0 Å². The van der Waals surface area contributed by atoms with Gasteiger partial charge in [0.1, 0.15) is 11.2 Å². The molecule has 2 atom stereocenters. The maximum atomic E-state index is 13.3. The fraction of sp³-hybridized carbons (Fsp3) is 0.917. The lowest BCUT2D eigenvalue weighted by Crippen LogP contribution is -2.54. The standard InChI is InChI=1S/C24H40O4/c1-7-23(6,9-8-16(2)20(25)27-22(3,4)5)21(26)28-24-13-17-10-18(14-24)12-19(11-17)15-24/h16-19H,7-15H2,1-6H3. The van der Waals surface area contributed by atoms with Crippen LogP contribution in [0, 0.1) is 29.1 Å². The van der Waals surface area contributed by atoms with Gasteiger partial charge in [0.05, 0.1) is 11.3 Å². The minimum atomic E-state index is -0.528. The van der Waals surface area contributed by atoms with Gasteiger partial charge >= 0.3 is 11.9 Å². The van der Waals surface area contributed by atoms with Gasteiger partial charge in [0.25, 0.3) is 0 Å². The lowest BCUT2D eigenvalue weighted by Gasteiger charge is -2.56. The van der Waals surface area contributed by atoms with Crippen LogP contribution in [-0.2, 0) is 19.1 Å². The molecule has 0 N–H and O–H groups in total. The van der Waals surface area contributed by atoms with E-state index in [1.165, 1.54) is 19.3 Å². The molecule has 0 heterocycles. The van der Waals surface area contributed by atoms with Gasteiger partial charge in [-0.3, -0.25) is 9.59 Å². The maximum Gasteiger partial charge on any atom is 0.312 e. The molecule has 4 aliphatic carbocycles. The number of ether oxygens (including phenoxy) is 2. The van der Waals surface area contributed by atoms with E-state index in [0.29, 0.717) is 12.8 Å². The van der Waals surface area contributed by atoms with Gasteiger partial charge in [-0.15, -0.1) is 0 Å². The summed E-state index contributed by atoms with van der Waals surface area (Å²) in [6.07, 6.45) is 9.28. The molecule has 4 bridgehead atoms. The van der Waals surface area contributed by atoms with Crippen LogP contribution in [0.25, 0.3) is 0 Å². The molecular formula is C24H40O4. The number of hydrogen-bond acceptors (Lipinski definition) is 4. The van der Waals surface area contributed by atoms with Gasteiger partial charge in [-0.05, 0) is 103 Å². The van der Waals surface area contributed by atoms with Crippen molar-refractivity contribution in [2.75, 3.05) is 0 Å². The van der Waals surface area contributed by atoms with Crippen LogP contribution in [0.2, 0.25) is 0 Å². The Bertz CT molecular complexity index is 567. The van der Waals surface area contributed by atoms with Crippen LogP contribution in [0.5, 0.6) is 0 Å². The Morgan fingerprint density at radius 2 is 1.50 bits per heavy atom. The van der Waals surface area contributed by atoms with E-state index in [4.69, 9.17) is 9.47 Å². The molecule has 0 aromatic carbocycles. The first-order valence-corrected chi connectivity index (χ1v) is 11.4. The van der Waals surface area contributed by atoms with Gasteiger partial charge in [-0.1, -0.05) is 13.8 Å². The summed E-state index contributed by atoms with van der Waals surface area (Å²) in [5.74, 6) is 1.85. The average Bonchev–Trinajstić information content (AvgIpc) is 2.56. The van der Waals surface area contributed by atoms with Crippen molar-refractivity contribution in [2.24, 2.45) is 29.1 Å². The molecule has 4 saturated carbocycles. The summed E-state index contributed by atoms with van der Waals surface area (Å²) >= 11 is 0. The first-order chi connectivity index (χ1) is 12.9. The quantitative estimate of drug-likeness (QED) is 0.524. The van der Waals surface area contributed by atoms with Gasteiger partial charge in [-0.25, -0.2) is 0 Å². The van der Waals surface area contributed by atoms with Crippen LogP contribution < -0.4 is 0 Å². The van der Waals surface area contributed by atoms with Crippen molar-refractivity contribution in [3.63, 3.8) is 0 Å². The Labute approximate surface area is 171 Å². The number of carbonyl (C=O) groups is 2. The molecule has 4 fully saturated rings. The fourth-order valence-electron chi connectivity index (χ4n) is 5.95. The van der Waals surface area contributed by atoms with E-state index in [9.17, 15) is 9.59 Å². The van der Waals surface area contributed by atoms with Gasteiger partial charge < -0.3 is 9.47 Å². The summed E-state index contributed by atoms with van der Waals surface area (Å²) in [6, 6.07) is 0. The molecule has 0 aromatic heterocycles. The summed E-state index contributed by atoms with van der Waals surface area (Å²) in [7, 11) is 0. The fourth-order valence-corrected chi connectivity index (χ4v) is 5.95. The summed E-state index contributed by atoms with van der Waals surface area (Å²) in [5.41, 5.74) is -1.20. The molecule has 4 rings (SSSR count). The first-order valence-electron chi connectivity index (χ1n) is 11.4. The molecule has 0 radical (unpaired) electrons. The second kappa shape index (κ2) is 7.65. The van der Waals surface area contributed by atoms with E-state index in [2.05, 4.69) is 6.92 Å². The van der Waals surface area contributed by atoms with Crippen molar-refractivity contribution in [2.45, 2.75) is 111 Å². The van der Waals surface area contributed by atoms with E-state index >= 15 is 0 Å². The van der Waals surface area contributed by atoms with Crippen molar-refractivity contribution in [3.8, 4) is 0 Å². The average molecular weight is 393 g/mol. The van der Waals surface area contributed by atoms with Crippen LogP contribution in [0.15, 0.2) is 0 Å². The predicted molar refractivity (Wildman–Crippen MR) is 110 cm³/mol. The normalized spacial score (nSPS) is 34.6. The second-order valence-electron chi connectivity index (χ2n) is 11.4. The molecule has 160 valence electrons. The van der Waals surface area contributed by atoms with Crippen molar-refractivity contribution in [3.05, 3.63) is 0 Å². The monoisotopic (exact) mass is 392 g/mol. The Balaban J connectivity index is 1.58. The highest BCUT2D eigenvalue weighted by Crippen LogP contribution is 2.57. The van der Waals surface area contributed by atoms with E-state index in [1.54, 1.807) is 0 Å². The molecule has 0 saturated heterocycles. The number of esters is 2. The van der Waals surface area contributed by atoms with Crippen molar-refractivity contribution in [1.82, 2.24) is 0 Å². The van der Waals surface area contributed by atoms with Gasteiger partial charge in [-0.2, -0.15) is 0 Å². The lowest BCUT2D eigenvalue weighted by atomic mass is 9.54. The zero-order chi connectivity index (χ0) is 20.7. The summed E-state index contributed by atoms with van der Waals surface area (Å²) in [6.45, 7) is 11.6. The zero-order valence-corrected chi connectivity index (χ0v) is 18.8. The van der Waals surface area contributed by atoms with E-state index in [-0.39, 0.29) is 23.5 Å². The molecule has 0 aliphatic heterocycles. The van der Waals surface area contributed by atoms with Crippen LogP contribution >= 0.6 is 0 Å². The van der Waals surface area contributed by atoms with Crippen LogP contribution in [0.4, 0.5) is 0 Å². The van der Waals surface area contributed by atoms with Gasteiger partial charge in [0, 0.05) is 0 Å². The highest BCUT2D eigenvalue weighted by molar-refractivity contribution is 5.77. The Morgan fingerprint density at radius 1 is 1.00 bits per heavy atom. The van der Waals surface area contributed by atoms with Crippen molar-refractivity contribution in [1.29, 1.82) is 0 Å². The number of carbonyl (C=O) groups excluding carboxylic acids is 2. The third-order valence-electron chi connectivity index (χ3n) is 7.50. The first kappa shape index (κ1) is 21.6. The Hall–Kier alpha value is -1.06. The van der Waals surface area contributed by atoms with Crippen LogP contribution in [0.3, 0.4) is 0 Å². The molecule has 0 aromatic rings. The summed E-state index contributed by atoms with van der Waals surface area (Å²) in [5, 5.41) is 0. The van der Waals surface area contributed by atoms with E-state index in [1.807, 2.05) is 34.6 Å². The molecule has 0 amide bonds. The third kappa shape index (κ3) is 4.74. The Morgan fingerprint density at radius 3 is 1.93 bits per heavy atom. The minimum absolute atomic E-state index is 0.0478. The topological polar surface area (TPSA) is 52.6 Å². The zero-order valence-electron chi connectivity index (χ0n) is 18.8. The van der Waals surface area contributed by atoms with Crippen molar-refractivity contribution >= 4 is 11.9 Å². The largest absolute Gasteiger partial charge is 0.460 e. The SMILES string of the molecule is CCC(C)(CCC(C)C(=O)OC(C)(C)C)C(=O)OC12CC3CC(CC(C3)C1)C2. The lowest BCUT2D eigenvalue weighted by molar-refractivity contribution is -0.197. The molecule has 4 heteroatoms. The highest BCUT2D eigenvalue weighted by atomic mass is 16.6. The number of hydrogen-bond donors (Lipinski definition) is 0. The van der Waals surface area contributed by atoms with Gasteiger partial charge in [0.15, 0.2) is 0 Å². The second-order valence-corrected chi connectivity index (χ2v) is 11.4. The maximum absolute atomic E-state index is 13.3. The van der Waals surface area contributed by atoms with Crippen LogP contribution in [0.1, 0.15) is 99.3 Å². The molecule has 4 nitrogen and oxygen atoms in total. The minimum Gasteiger partial charge on any atom is -0.460 e. The van der Waals surface area contributed by atoms with Crippen LogP contribution in [-0.4, -0.2) is 23.1 Å². The smallest absolute Gasteiger partial charge is 0.312 e. The Kier molecular flexibility index (Phi) is 5.91. The van der Waals surface area contributed by atoms with Gasteiger partial charge in [0.2, 0.25) is 0 Å². The molecule has 2 unspecified atom stereocenters. The van der Waals surface area contributed by atoms with Crippen molar-refractivity contribution < 1.29 is 19.1 Å². The third-order valence-corrected chi connectivity index (χ3v) is 7.50. The summed E-state index contributed by atoms with van der Waals surface area (Å²) < 4.78 is 11.8. The molecular weight excluding hydrogens is 352 g/mol. The highest BCUT2D eigenvalue weighted by Gasteiger charge is 2.54. The molecule has 28 heavy (non-hydrogen) atoms. The number of rotatable bonds is 7.